The molecule has 1 heterocycles. The van der Waals surface area contributed by atoms with Gasteiger partial charge in [-0.2, -0.15) is 5.10 Å². The Kier molecular flexibility index (Phi) is 8.31. The van der Waals surface area contributed by atoms with Gasteiger partial charge in [0, 0.05) is 27.3 Å². The van der Waals surface area contributed by atoms with Crippen LogP contribution in [0, 0.1) is 17.6 Å². The Labute approximate surface area is 201 Å². The van der Waals surface area contributed by atoms with Gasteiger partial charge in [-0.15, -0.1) is 23.5 Å². The molecule has 9 heteroatoms. The Morgan fingerprint density at radius 2 is 1.85 bits per heavy atom. The number of aromatic nitrogens is 3. The smallest absolute Gasteiger partial charge is 0.176 e. The highest BCUT2D eigenvalue weighted by Crippen LogP contribution is 2.40. The number of Topliss-reactive ketones (excluding diaryl/α,β-unsaturated/α-hetero) is 1. The molecule has 3 aromatic rings. The molecule has 3 rings (SSSR count). The standard InChI is InChI=1S/C24H27F2N3O2S2/c1-15(2)23(22(30)17-5-8-19(32-4)9-6-17)33-16(3)24(31,12-29-14-27-13-28-29)20-10-7-18(25)11-21(20)26/h5-11,13-16,23,31H,12H2,1-4H3/t16-,23?,24-/m1/s1. The topological polar surface area (TPSA) is 68.0 Å². The molecule has 0 amide bonds. The van der Waals surface area contributed by atoms with Crippen LogP contribution < -0.4 is 0 Å². The molecule has 0 saturated heterocycles. The molecule has 0 bridgehead atoms. The molecular formula is C24H27F2N3O2S2. The summed E-state index contributed by atoms with van der Waals surface area (Å²) in [5.74, 6) is -1.69. The maximum Gasteiger partial charge on any atom is 0.176 e. The summed E-state index contributed by atoms with van der Waals surface area (Å²) in [7, 11) is 0. The first kappa shape index (κ1) is 25.4. The van der Waals surface area contributed by atoms with E-state index in [9.17, 15) is 18.7 Å². The Morgan fingerprint density at radius 1 is 1.15 bits per heavy atom. The minimum atomic E-state index is -1.77. The maximum absolute atomic E-state index is 14.8. The van der Waals surface area contributed by atoms with E-state index in [0.29, 0.717) is 5.56 Å². The van der Waals surface area contributed by atoms with Crippen molar-refractivity contribution in [2.75, 3.05) is 6.26 Å². The second-order valence-corrected chi connectivity index (χ2v) is 10.5. The number of rotatable bonds is 10. The van der Waals surface area contributed by atoms with Crippen LogP contribution in [0.5, 0.6) is 0 Å². The van der Waals surface area contributed by atoms with Crippen LogP contribution in [0.4, 0.5) is 8.78 Å². The molecule has 0 aliphatic rings. The number of carbonyl (C=O) groups excluding carboxylic acids is 1. The van der Waals surface area contributed by atoms with Crippen molar-refractivity contribution in [3.8, 4) is 0 Å². The van der Waals surface area contributed by atoms with E-state index >= 15 is 0 Å². The fourth-order valence-electron chi connectivity index (χ4n) is 3.61. The van der Waals surface area contributed by atoms with Crippen LogP contribution in [0.2, 0.25) is 0 Å². The van der Waals surface area contributed by atoms with Crippen molar-refractivity contribution in [2.45, 2.75) is 48.3 Å². The van der Waals surface area contributed by atoms with Crippen LogP contribution >= 0.6 is 23.5 Å². The number of halogens is 2. The van der Waals surface area contributed by atoms with Gasteiger partial charge in [0.1, 0.15) is 29.9 Å². The van der Waals surface area contributed by atoms with E-state index in [4.69, 9.17) is 0 Å². The summed E-state index contributed by atoms with van der Waals surface area (Å²) in [5.41, 5.74) is -1.25. The minimum Gasteiger partial charge on any atom is -0.382 e. The lowest BCUT2D eigenvalue weighted by molar-refractivity contribution is 0.0132. The van der Waals surface area contributed by atoms with Gasteiger partial charge in [-0.25, -0.2) is 18.4 Å². The molecule has 0 fully saturated rings. The van der Waals surface area contributed by atoms with Crippen molar-refractivity contribution >= 4 is 29.3 Å². The van der Waals surface area contributed by atoms with Crippen LogP contribution in [-0.4, -0.2) is 42.4 Å². The van der Waals surface area contributed by atoms with E-state index < -0.39 is 27.7 Å². The molecule has 33 heavy (non-hydrogen) atoms. The highest BCUT2D eigenvalue weighted by molar-refractivity contribution is 8.01. The zero-order valence-corrected chi connectivity index (χ0v) is 20.5. The first-order valence-electron chi connectivity index (χ1n) is 10.5. The fourth-order valence-corrected chi connectivity index (χ4v) is 5.46. The molecule has 0 aliphatic carbocycles. The summed E-state index contributed by atoms with van der Waals surface area (Å²) in [5, 5.41) is 14.7. The quantitative estimate of drug-likeness (QED) is 0.311. The highest BCUT2D eigenvalue weighted by atomic mass is 32.2. The van der Waals surface area contributed by atoms with E-state index in [-0.39, 0.29) is 23.8 Å². The number of ketones is 1. The third-order valence-corrected chi connectivity index (χ3v) is 8.12. The molecule has 0 radical (unpaired) electrons. The van der Waals surface area contributed by atoms with E-state index in [1.807, 2.05) is 32.2 Å². The number of nitrogens with zero attached hydrogens (tertiary/aromatic N) is 3. The molecule has 176 valence electrons. The number of thioether (sulfide) groups is 2. The first-order valence-corrected chi connectivity index (χ1v) is 12.7. The number of carbonyl (C=O) groups is 1. The summed E-state index contributed by atoms with van der Waals surface area (Å²) in [6.45, 7) is 5.51. The first-order chi connectivity index (χ1) is 15.7. The molecule has 1 aromatic heterocycles. The highest BCUT2D eigenvalue weighted by Gasteiger charge is 2.42. The predicted octanol–water partition coefficient (Wildman–Crippen LogP) is 5.20. The SMILES string of the molecule is CSc1ccc(C(=O)C(S[C@H](C)[C@](O)(Cn2cncn2)c2ccc(F)cc2F)C(C)C)cc1. The fraction of sp³-hybridized carbons (Fsp3) is 0.375. The minimum absolute atomic E-state index is 0.0427. The maximum atomic E-state index is 14.8. The lowest BCUT2D eigenvalue weighted by Gasteiger charge is -2.36. The number of hydrogen-bond donors (Lipinski definition) is 1. The third kappa shape index (κ3) is 5.83. The Morgan fingerprint density at radius 3 is 2.39 bits per heavy atom. The molecule has 1 N–H and O–H groups in total. The summed E-state index contributed by atoms with van der Waals surface area (Å²) >= 11 is 2.87. The van der Waals surface area contributed by atoms with Gasteiger partial charge in [0.2, 0.25) is 0 Å². The monoisotopic (exact) mass is 491 g/mol. The van der Waals surface area contributed by atoms with Gasteiger partial charge < -0.3 is 5.11 Å². The zero-order valence-electron chi connectivity index (χ0n) is 18.9. The average molecular weight is 492 g/mol. The van der Waals surface area contributed by atoms with Crippen LogP contribution in [0.15, 0.2) is 60.0 Å². The molecule has 0 saturated carbocycles. The summed E-state index contributed by atoms with van der Waals surface area (Å²) in [6.07, 6.45) is 4.70. The normalized spacial score (nSPS) is 15.3. The van der Waals surface area contributed by atoms with Crippen LogP contribution in [0.3, 0.4) is 0 Å². The molecule has 1 unspecified atom stereocenters. The van der Waals surface area contributed by atoms with Crippen molar-refractivity contribution in [1.82, 2.24) is 14.8 Å². The summed E-state index contributed by atoms with van der Waals surface area (Å²) in [6, 6.07) is 10.5. The largest absolute Gasteiger partial charge is 0.382 e. The van der Waals surface area contributed by atoms with Crippen molar-refractivity contribution in [3.05, 3.63) is 77.9 Å². The molecular weight excluding hydrogens is 464 g/mol. The number of aliphatic hydroxyl groups is 1. The van der Waals surface area contributed by atoms with Gasteiger partial charge in [-0.1, -0.05) is 39.0 Å². The second-order valence-electron chi connectivity index (χ2n) is 8.18. The van der Waals surface area contributed by atoms with Crippen molar-refractivity contribution in [2.24, 2.45) is 5.92 Å². The molecule has 3 atom stereocenters. The van der Waals surface area contributed by atoms with Crippen molar-refractivity contribution in [1.29, 1.82) is 0 Å². The van der Waals surface area contributed by atoms with Crippen molar-refractivity contribution < 1.29 is 18.7 Å². The molecule has 0 spiro atoms. The summed E-state index contributed by atoms with van der Waals surface area (Å²) < 4.78 is 29.8. The van der Waals surface area contributed by atoms with Gasteiger partial charge in [0.25, 0.3) is 0 Å². The Balaban J connectivity index is 1.94. The van der Waals surface area contributed by atoms with E-state index in [1.165, 1.54) is 35.2 Å². The molecule has 0 aliphatic heterocycles. The van der Waals surface area contributed by atoms with Gasteiger partial charge in [-0.05, 0) is 30.4 Å². The molecule has 2 aromatic carbocycles. The van der Waals surface area contributed by atoms with Gasteiger partial charge >= 0.3 is 0 Å². The van der Waals surface area contributed by atoms with Gasteiger partial charge in [0.15, 0.2) is 5.78 Å². The third-order valence-electron chi connectivity index (χ3n) is 5.53. The van der Waals surface area contributed by atoms with Crippen LogP contribution in [0.1, 0.15) is 36.7 Å². The average Bonchev–Trinajstić information content (AvgIpc) is 3.29. The van der Waals surface area contributed by atoms with E-state index in [0.717, 1.165) is 17.0 Å². The van der Waals surface area contributed by atoms with Gasteiger partial charge in [0.05, 0.1) is 11.8 Å². The Hall–Kier alpha value is -2.23. The van der Waals surface area contributed by atoms with Crippen LogP contribution in [0.25, 0.3) is 0 Å². The predicted molar refractivity (Wildman–Crippen MR) is 129 cm³/mol. The number of benzene rings is 2. The van der Waals surface area contributed by atoms with Gasteiger partial charge in [-0.3, -0.25) is 4.79 Å². The van der Waals surface area contributed by atoms with E-state index in [2.05, 4.69) is 10.1 Å². The van der Waals surface area contributed by atoms with E-state index in [1.54, 1.807) is 30.8 Å². The lowest BCUT2D eigenvalue weighted by Crippen LogP contribution is -2.43. The van der Waals surface area contributed by atoms with Crippen LogP contribution in [-0.2, 0) is 12.1 Å². The zero-order chi connectivity index (χ0) is 24.2. The molecule has 5 nitrogen and oxygen atoms in total. The second kappa shape index (κ2) is 10.8. The number of hydrogen-bond acceptors (Lipinski definition) is 6. The lowest BCUT2D eigenvalue weighted by atomic mass is 9.90. The Bertz CT molecular complexity index is 1080. The summed E-state index contributed by atoms with van der Waals surface area (Å²) in [4.78, 5) is 18.3. The van der Waals surface area contributed by atoms with Crippen molar-refractivity contribution in [3.63, 3.8) is 0 Å².